The number of nitrogens with zero attached hydrogens (tertiary/aromatic N) is 2. The maximum Gasteiger partial charge on any atom is 0.275 e. The van der Waals surface area contributed by atoms with Gasteiger partial charge < -0.3 is 15.6 Å². The molecule has 1 heterocycles. The van der Waals surface area contributed by atoms with E-state index in [1.165, 1.54) is 0 Å². The van der Waals surface area contributed by atoms with Gasteiger partial charge in [-0.1, -0.05) is 6.07 Å². The number of amides is 1. The number of rotatable bonds is 2. The number of nitrogen functional groups attached to an aromatic ring is 1. The number of carbonyl (C=O) groups excluding carboxylic acids is 1. The minimum Gasteiger partial charge on any atom is -0.399 e. The van der Waals surface area contributed by atoms with Gasteiger partial charge in [0, 0.05) is 24.6 Å². The van der Waals surface area contributed by atoms with Crippen LogP contribution in [0.25, 0.3) is 0 Å². The molecule has 0 fully saturated rings. The summed E-state index contributed by atoms with van der Waals surface area (Å²) < 4.78 is 1.72. The van der Waals surface area contributed by atoms with Crippen LogP contribution in [0.15, 0.2) is 30.7 Å². The molecule has 0 radical (unpaired) electrons. The summed E-state index contributed by atoms with van der Waals surface area (Å²) in [6, 6.07) is 5.39. The molecule has 88 valence electrons. The molecule has 0 aliphatic heterocycles. The van der Waals surface area contributed by atoms with Crippen LogP contribution in [0.3, 0.4) is 0 Å². The molecule has 17 heavy (non-hydrogen) atoms. The highest BCUT2D eigenvalue weighted by molar-refractivity contribution is 6.03. The number of nitrogens with one attached hydrogen (secondary N) is 1. The van der Waals surface area contributed by atoms with Crippen molar-refractivity contribution in [3.63, 3.8) is 0 Å². The Labute approximate surface area is 99.3 Å². The molecule has 0 bridgehead atoms. The summed E-state index contributed by atoms with van der Waals surface area (Å²) in [4.78, 5) is 15.8. The molecule has 0 atom stereocenters. The zero-order valence-corrected chi connectivity index (χ0v) is 9.77. The molecule has 0 unspecified atom stereocenters. The molecule has 3 N–H and O–H groups in total. The second kappa shape index (κ2) is 4.29. The summed E-state index contributed by atoms with van der Waals surface area (Å²) >= 11 is 0. The van der Waals surface area contributed by atoms with Gasteiger partial charge in [-0.2, -0.15) is 0 Å². The Bertz CT molecular complexity index is 559. The summed E-state index contributed by atoms with van der Waals surface area (Å²) in [5.41, 5.74) is 8.35. The lowest BCUT2D eigenvalue weighted by Crippen LogP contribution is -2.13. The average Bonchev–Trinajstić information content (AvgIpc) is 2.70. The number of hydrogen-bond donors (Lipinski definition) is 2. The first kappa shape index (κ1) is 11.2. The van der Waals surface area contributed by atoms with Gasteiger partial charge in [0.15, 0.2) is 0 Å². The highest BCUT2D eigenvalue weighted by Gasteiger charge is 2.10. The first-order chi connectivity index (χ1) is 8.06. The third-order valence-electron chi connectivity index (χ3n) is 2.45. The van der Waals surface area contributed by atoms with Gasteiger partial charge in [0.25, 0.3) is 5.91 Å². The molecule has 2 aromatic rings. The van der Waals surface area contributed by atoms with Crippen LogP contribution in [0.5, 0.6) is 0 Å². The van der Waals surface area contributed by atoms with Crippen molar-refractivity contribution >= 4 is 17.3 Å². The van der Waals surface area contributed by atoms with Crippen LogP contribution in [0.2, 0.25) is 0 Å². The van der Waals surface area contributed by atoms with Gasteiger partial charge in [0.2, 0.25) is 0 Å². The van der Waals surface area contributed by atoms with Crippen LogP contribution in [-0.2, 0) is 7.05 Å². The molecule has 2 rings (SSSR count). The van der Waals surface area contributed by atoms with Crippen molar-refractivity contribution in [2.75, 3.05) is 11.1 Å². The molecule has 1 amide bonds. The quantitative estimate of drug-likeness (QED) is 0.769. The maximum absolute atomic E-state index is 11.9. The van der Waals surface area contributed by atoms with E-state index in [9.17, 15) is 4.79 Å². The second-order valence-electron chi connectivity index (χ2n) is 3.95. The summed E-state index contributed by atoms with van der Waals surface area (Å²) in [7, 11) is 1.82. The van der Waals surface area contributed by atoms with Crippen molar-refractivity contribution in [2.45, 2.75) is 6.92 Å². The molecule has 0 saturated heterocycles. The van der Waals surface area contributed by atoms with Gasteiger partial charge in [-0.15, -0.1) is 0 Å². The zero-order valence-electron chi connectivity index (χ0n) is 9.77. The highest BCUT2D eigenvalue weighted by Crippen LogP contribution is 2.18. The van der Waals surface area contributed by atoms with E-state index in [0.717, 1.165) is 5.56 Å². The normalized spacial score (nSPS) is 10.2. The van der Waals surface area contributed by atoms with E-state index in [4.69, 9.17) is 5.73 Å². The van der Waals surface area contributed by atoms with Crippen LogP contribution in [0, 0.1) is 6.92 Å². The number of aryl methyl sites for hydroxylation is 2. The van der Waals surface area contributed by atoms with Gasteiger partial charge in [-0.3, -0.25) is 4.79 Å². The molecule has 0 spiro atoms. The molecule has 0 aliphatic rings. The number of carbonyl (C=O) groups is 1. The van der Waals surface area contributed by atoms with Gasteiger partial charge in [-0.05, 0) is 24.6 Å². The lowest BCUT2D eigenvalue weighted by Gasteiger charge is -2.07. The molecular formula is C12H14N4O. The van der Waals surface area contributed by atoms with E-state index in [0.29, 0.717) is 17.1 Å². The predicted octanol–water partition coefficient (Wildman–Crippen LogP) is 1.56. The molecule has 1 aromatic carbocycles. The number of aromatic nitrogens is 2. The van der Waals surface area contributed by atoms with Gasteiger partial charge >= 0.3 is 0 Å². The third kappa shape index (κ3) is 2.44. The fourth-order valence-corrected chi connectivity index (χ4v) is 1.49. The van der Waals surface area contributed by atoms with Crippen molar-refractivity contribution in [1.29, 1.82) is 0 Å². The van der Waals surface area contributed by atoms with E-state index < -0.39 is 0 Å². The van der Waals surface area contributed by atoms with Crippen LogP contribution in [0.1, 0.15) is 16.1 Å². The summed E-state index contributed by atoms with van der Waals surface area (Å²) in [6.45, 7) is 1.91. The Morgan fingerprint density at radius 2 is 2.24 bits per heavy atom. The van der Waals surface area contributed by atoms with E-state index in [-0.39, 0.29) is 5.91 Å². The van der Waals surface area contributed by atoms with Crippen molar-refractivity contribution < 1.29 is 4.79 Å². The average molecular weight is 230 g/mol. The number of benzene rings is 1. The first-order valence-corrected chi connectivity index (χ1v) is 5.21. The Kier molecular flexibility index (Phi) is 2.82. The zero-order chi connectivity index (χ0) is 12.4. The van der Waals surface area contributed by atoms with Crippen molar-refractivity contribution in [1.82, 2.24) is 9.55 Å². The molecule has 0 saturated carbocycles. The minimum atomic E-state index is -0.237. The van der Waals surface area contributed by atoms with Crippen molar-refractivity contribution in [3.8, 4) is 0 Å². The lowest BCUT2D eigenvalue weighted by molar-refractivity contribution is 0.102. The lowest BCUT2D eigenvalue weighted by atomic mass is 10.2. The second-order valence-corrected chi connectivity index (χ2v) is 3.95. The maximum atomic E-state index is 11.9. The fourth-order valence-electron chi connectivity index (χ4n) is 1.49. The third-order valence-corrected chi connectivity index (χ3v) is 2.45. The van der Waals surface area contributed by atoms with Crippen LogP contribution in [0.4, 0.5) is 11.4 Å². The summed E-state index contributed by atoms with van der Waals surface area (Å²) in [5, 5.41) is 2.79. The summed E-state index contributed by atoms with van der Waals surface area (Å²) in [6.07, 6.45) is 3.25. The van der Waals surface area contributed by atoms with Gasteiger partial charge in [-0.25, -0.2) is 4.98 Å². The number of imidazole rings is 1. The Hall–Kier alpha value is -2.30. The standard InChI is InChI=1S/C12H14N4O/c1-8-3-4-9(13)5-10(8)15-12(17)11-6-16(2)7-14-11/h3-7H,13H2,1-2H3,(H,15,17). The molecule has 0 aliphatic carbocycles. The topological polar surface area (TPSA) is 72.9 Å². The molecular weight excluding hydrogens is 216 g/mol. The Balaban J connectivity index is 2.21. The van der Waals surface area contributed by atoms with E-state index in [1.807, 2.05) is 20.0 Å². The monoisotopic (exact) mass is 230 g/mol. The first-order valence-electron chi connectivity index (χ1n) is 5.21. The van der Waals surface area contributed by atoms with Crippen LogP contribution in [-0.4, -0.2) is 15.5 Å². The highest BCUT2D eigenvalue weighted by atomic mass is 16.1. The van der Waals surface area contributed by atoms with E-state index in [1.54, 1.807) is 29.2 Å². The van der Waals surface area contributed by atoms with E-state index >= 15 is 0 Å². The van der Waals surface area contributed by atoms with Gasteiger partial charge in [0.05, 0.1) is 6.33 Å². The number of anilines is 2. The smallest absolute Gasteiger partial charge is 0.275 e. The SMILES string of the molecule is Cc1ccc(N)cc1NC(=O)c1cn(C)cn1. The molecule has 1 aromatic heterocycles. The molecule has 5 heteroatoms. The number of nitrogens with two attached hydrogens (primary N) is 1. The Morgan fingerprint density at radius 3 is 2.88 bits per heavy atom. The van der Waals surface area contributed by atoms with Crippen molar-refractivity contribution in [3.05, 3.63) is 42.0 Å². The van der Waals surface area contributed by atoms with Crippen LogP contribution < -0.4 is 11.1 Å². The minimum absolute atomic E-state index is 0.237. The van der Waals surface area contributed by atoms with Gasteiger partial charge in [0.1, 0.15) is 5.69 Å². The predicted molar refractivity (Wildman–Crippen MR) is 66.8 cm³/mol. The fraction of sp³-hybridized carbons (Fsp3) is 0.167. The molecule has 5 nitrogen and oxygen atoms in total. The van der Waals surface area contributed by atoms with E-state index in [2.05, 4.69) is 10.3 Å². The largest absolute Gasteiger partial charge is 0.399 e. The van der Waals surface area contributed by atoms with Crippen LogP contribution >= 0.6 is 0 Å². The Morgan fingerprint density at radius 1 is 1.47 bits per heavy atom. The summed E-state index contributed by atoms with van der Waals surface area (Å²) in [5.74, 6) is -0.237. The van der Waals surface area contributed by atoms with Crippen molar-refractivity contribution in [2.24, 2.45) is 7.05 Å². The number of hydrogen-bond acceptors (Lipinski definition) is 3.